The van der Waals surface area contributed by atoms with Crippen molar-refractivity contribution < 1.29 is 0 Å². The van der Waals surface area contributed by atoms with Gasteiger partial charge in [-0.1, -0.05) is 23.8 Å². The molecule has 2 rings (SSSR count). The fraction of sp³-hybridized carbons (Fsp3) is 0.0833. The van der Waals surface area contributed by atoms with Crippen molar-refractivity contribution >= 4 is 40.4 Å². The Morgan fingerprint density at radius 3 is 2.83 bits per heavy atom. The third-order valence-electron chi connectivity index (χ3n) is 2.34. The van der Waals surface area contributed by atoms with Gasteiger partial charge < -0.3 is 11.1 Å². The fourth-order valence-corrected chi connectivity index (χ4v) is 1.78. The third kappa shape index (κ3) is 2.94. The normalized spacial score (nSPS) is 10.1. The Balaban J connectivity index is 2.28. The molecule has 0 aliphatic heterocycles. The molecule has 0 spiro atoms. The second-order valence-corrected chi connectivity index (χ2v) is 4.59. The maximum Gasteiger partial charge on any atom is 0.227 e. The number of benzene rings is 1. The van der Waals surface area contributed by atoms with E-state index in [1.54, 1.807) is 18.3 Å². The second-order valence-electron chi connectivity index (χ2n) is 3.71. The van der Waals surface area contributed by atoms with Gasteiger partial charge in [0.05, 0.1) is 0 Å². The molecule has 0 bridgehead atoms. The van der Waals surface area contributed by atoms with Crippen LogP contribution in [0.3, 0.4) is 0 Å². The Morgan fingerprint density at radius 1 is 1.39 bits per heavy atom. The van der Waals surface area contributed by atoms with Crippen molar-refractivity contribution in [2.45, 2.75) is 6.92 Å². The lowest BCUT2D eigenvalue weighted by molar-refractivity contribution is 1.15. The summed E-state index contributed by atoms with van der Waals surface area (Å²) in [5.41, 5.74) is 7.95. The van der Waals surface area contributed by atoms with Gasteiger partial charge in [0.25, 0.3) is 0 Å². The lowest BCUT2D eigenvalue weighted by atomic mass is 10.2. The summed E-state index contributed by atoms with van der Waals surface area (Å²) < 4.78 is 0. The molecule has 0 atom stereocenters. The van der Waals surface area contributed by atoms with E-state index in [1.165, 1.54) is 0 Å². The standard InChI is InChI=1S/C12H11ClN4S/c1-7-6-8(13)2-3-9(7)16-12-15-5-4-10(17-12)11(14)18/h2-6H,1H3,(H2,14,18)(H,15,16,17). The molecule has 92 valence electrons. The number of hydrogen-bond acceptors (Lipinski definition) is 4. The van der Waals surface area contributed by atoms with Crippen molar-refractivity contribution in [3.8, 4) is 0 Å². The molecule has 18 heavy (non-hydrogen) atoms. The van der Waals surface area contributed by atoms with Crippen molar-refractivity contribution in [2.24, 2.45) is 5.73 Å². The zero-order chi connectivity index (χ0) is 13.1. The first-order valence-corrected chi connectivity index (χ1v) is 6.01. The van der Waals surface area contributed by atoms with E-state index < -0.39 is 0 Å². The van der Waals surface area contributed by atoms with Gasteiger partial charge in [-0.05, 0) is 36.8 Å². The molecule has 0 aliphatic carbocycles. The quantitative estimate of drug-likeness (QED) is 0.845. The highest BCUT2D eigenvalue weighted by Crippen LogP contribution is 2.21. The Bertz CT molecular complexity index is 600. The lowest BCUT2D eigenvalue weighted by Gasteiger charge is -2.08. The zero-order valence-electron chi connectivity index (χ0n) is 9.64. The zero-order valence-corrected chi connectivity index (χ0v) is 11.2. The molecule has 6 heteroatoms. The van der Waals surface area contributed by atoms with Gasteiger partial charge >= 0.3 is 0 Å². The lowest BCUT2D eigenvalue weighted by Crippen LogP contribution is -2.12. The van der Waals surface area contributed by atoms with Crippen LogP contribution in [0.15, 0.2) is 30.5 Å². The van der Waals surface area contributed by atoms with E-state index in [0.29, 0.717) is 16.7 Å². The minimum absolute atomic E-state index is 0.244. The first-order chi connectivity index (χ1) is 8.56. The van der Waals surface area contributed by atoms with Gasteiger partial charge in [-0.3, -0.25) is 0 Å². The number of nitrogens with one attached hydrogen (secondary N) is 1. The van der Waals surface area contributed by atoms with E-state index in [2.05, 4.69) is 15.3 Å². The van der Waals surface area contributed by atoms with Gasteiger partial charge in [0.1, 0.15) is 10.7 Å². The first-order valence-electron chi connectivity index (χ1n) is 5.22. The number of nitrogens with two attached hydrogens (primary N) is 1. The van der Waals surface area contributed by atoms with Crippen LogP contribution in [0.4, 0.5) is 11.6 Å². The van der Waals surface area contributed by atoms with E-state index in [9.17, 15) is 0 Å². The number of anilines is 2. The van der Waals surface area contributed by atoms with Crippen LogP contribution < -0.4 is 11.1 Å². The number of nitrogens with zero attached hydrogens (tertiary/aromatic N) is 2. The summed E-state index contributed by atoms with van der Waals surface area (Å²) in [6.07, 6.45) is 1.61. The molecule has 3 N–H and O–H groups in total. The largest absolute Gasteiger partial charge is 0.388 e. The summed E-state index contributed by atoms with van der Waals surface area (Å²) in [7, 11) is 0. The maximum atomic E-state index is 5.89. The minimum atomic E-state index is 0.244. The van der Waals surface area contributed by atoms with Crippen LogP contribution in [-0.2, 0) is 0 Å². The van der Waals surface area contributed by atoms with Crippen LogP contribution in [0.25, 0.3) is 0 Å². The molecular weight excluding hydrogens is 268 g/mol. The van der Waals surface area contributed by atoms with E-state index in [4.69, 9.17) is 29.6 Å². The molecule has 0 unspecified atom stereocenters. The summed E-state index contributed by atoms with van der Waals surface area (Å²) in [6, 6.07) is 7.20. The van der Waals surface area contributed by atoms with Gasteiger partial charge in [-0.15, -0.1) is 0 Å². The maximum absolute atomic E-state index is 5.89. The SMILES string of the molecule is Cc1cc(Cl)ccc1Nc1nccc(C(N)=S)n1. The average Bonchev–Trinajstić information content (AvgIpc) is 2.33. The van der Waals surface area contributed by atoms with E-state index >= 15 is 0 Å². The topological polar surface area (TPSA) is 63.8 Å². The van der Waals surface area contributed by atoms with Crippen LogP contribution in [0, 0.1) is 6.92 Å². The van der Waals surface area contributed by atoms with Crippen molar-refractivity contribution in [1.82, 2.24) is 9.97 Å². The molecule has 2 aromatic rings. The molecular formula is C12H11ClN4S. The van der Waals surface area contributed by atoms with Gasteiger partial charge in [0.15, 0.2) is 0 Å². The van der Waals surface area contributed by atoms with Crippen molar-refractivity contribution in [1.29, 1.82) is 0 Å². The van der Waals surface area contributed by atoms with E-state index in [-0.39, 0.29) is 4.99 Å². The molecule has 0 fully saturated rings. The highest BCUT2D eigenvalue weighted by molar-refractivity contribution is 7.80. The van der Waals surface area contributed by atoms with Crippen LogP contribution in [0.1, 0.15) is 11.3 Å². The summed E-state index contributed by atoms with van der Waals surface area (Å²) in [5.74, 6) is 0.450. The summed E-state index contributed by atoms with van der Waals surface area (Å²) in [6.45, 7) is 1.95. The number of halogens is 1. The number of hydrogen-bond donors (Lipinski definition) is 2. The van der Waals surface area contributed by atoms with Gasteiger partial charge in [0.2, 0.25) is 5.95 Å². The molecule has 0 saturated carbocycles. The fourth-order valence-electron chi connectivity index (χ4n) is 1.44. The second kappa shape index (κ2) is 5.29. The highest BCUT2D eigenvalue weighted by atomic mass is 35.5. The molecule has 0 saturated heterocycles. The first kappa shape index (κ1) is 12.7. The van der Waals surface area contributed by atoms with Crippen LogP contribution >= 0.6 is 23.8 Å². The molecule has 1 aromatic heterocycles. The number of aryl methyl sites for hydroxylation is 1. The Morgan fingerprint density at radius 2 is 2.17 bits per heavy atom. The summed E-state index contributed by atoms with van der Waals surface area (Å²) >= 11 is 10.8. The van der Waals surface area contributed by atoms with Crippen molar-refractivity contribution in [3.05, 3.63) is 46.7 Å². The van der Waals surface area contributed by atoms with Crippen molar-refractivity contribution in [3.63, 3.8) is 0 Å². The van der Waals surface area contributed by atoms with Crippen LogP contribution in [0.2, 0.25) is 5.02 Å². The molecule has 1 heterocycles. The average molecular weight is 279 g/mol. The number of thiocarbonyl (C=S) groups is 1. The van der Waals surface area contributed by atoms with Gasteiger partial charge in [0, 0.05) is 16.9 Å². The Labute approximate surface area is 115 Å². The van der Waals surface area contributed by atoms with E-state index in [1.807, 2.05) is 19.1 Å². The van der Waals surface area contributed by atoms with E-state index in [0.717, 1.165) is 11.3 Å². The Hall–Kier alpha value is -1.72. The van der Waals surface area contributed by atoms with Gasteiger partial charge in [-0.25, -0.2) is 9.97 Å². The van der Waals surface area contributed by atoms with Crippen LogP contribution in [-0.4, -0.2) is 15.0 Å². The van der Waals surface area contributed by atoms with Gasteiger partial charge in [-0.2, -0.15) is 0 Å². The summed E-state index contributed by atoms with van der Waals surface area (Å²) in [4.78, 5) is 8.56. The molecule has 4 nitrogen and oxygen atoms in total. The summed E-state index contributed by atoms with van der Waals surface area (Å²) in [5, 5.41) is 3.79. The van der Waals surface area contributed by atoms with Crippen LogP contribution in [0.5, 0.6) is 0 Å². The number of rotatable bonds is 3. The van der Waals surface area contributed by atoms with Crippen molar-refractivity contribution in [2.75, 3.05) is 5.32 Å². The minimum Gasteiger partial charge on any atom is -0.388 e. The Kier molecular flexibility index (Phi) is 3.74. The predicted octanol–water partition coefficient (Wildman–Crippen LogP) is 2.82. The monoisotopic (exact) mass is 278 g/mol. The third-order valence-corrected chi connectivity index (χ3v) is 2.79. The number of aromatic nitrogens is 2. The smallest absolute Gasteiger partial charge is 0.227 e. The highest BCUT2D eigenvalue weighted by Gasteiger charge is 2.04. The molecule has 0 aliphatic rings. The molecule has 0 amide bonds. The molecule has 1 aromatic carbocycles. The predicted molar refractivity (Wildman–Crippen MR) is 77.4 cm³/mol. The molecule has 0 radical (unpaired) electrons.